The first-order valence-corrected chi connectivity index (χ1v) is 7.16. The minimum Gasteiger partial charge on any atom is -0.368 e. The Balaban J connectivity index is 1.85. The Morgan fingerprint density at radius 3 is 2.78 bits per heavy atom. The number of hydrogen-bond acceptors (Lipinski definition) is 2. The van der Waals surface area contributed by atoms with Gasteiger partial charge in [0.25, 0.3) is 0 Å². The molecule has 0 amide bonds. The summed E-state index contributed by atoms with van der Waals surface area (Å²) in [6, 6.07) is 6.68. The minimum atomic E-state index is 0.328. The van der Waals surface area contributed by atoms with Crippen LogP contribution in [0.4, 0.5) is 5.69 Å². The van der Waals surface area contributed by atoms with Crippen LogP contribution in [0.2, 0.25) is 0 Å². The van der Waals surface area contributed by atoms with E-state index in [4.69, 9.17) is 0 Å². The normalized spacial score (nSPS) is 28.5. The van der Waals surface area contributed by atoms with Crippen LogP contribution in [0.1, 0.15) is 30.9 Å². The fraction of sp³-hybridized carbons (Fsp3) is 0.625. The molecule has 1 N–H and O–H groups in total. The molecule has 1 aliphatic carbocycles. The van der Waals surface area contributed by atoms with Crippen molar-refractivity contribution in [1.82, 2.24) is 5.32 Å². The molecular formula is C16H24N2. The molecule has 0 spiro atoms. The lowest BCUT2D eigenvalue weighted by Crippen LogP contribution is -2.60. The zero-order valence-corrected chi connectivity index (χ0v) is 11.8. The van der Waals surface area contributed by atoms with Gasteiger partial charge in [-0.05, 0) is 56.7 Å². The van der Waals surface area contributed by atoms with Crippen molar-refractivity contribution in [2.24, 2.45) is 5.92 Å². The summed E-state index contributed by atoms with van der Waals surface area (Å²) >= 11 is 0. The van der Waals surface area contributed by atoms with Gasteiger partial charge in [0, 0.05) is 30.9 Å². The summed E-state index contributed by atoms with van der Waals surface area (Å²) in [4.78, 5) is 2.58. The molecule has 2 nitrogen and oxygen atoms in total. The first kappa shape index (κ1) is 12.0. The molecule has 1 aliphatic heterocycles. The molecule has 1 aromatic rings. The molecule has 2 heteroatoms. The Hall–Kier alpha value is -1.02. The van der Waals surface area contributed by atoms with Gasteiger partial charge in [0.2, 0.25) is 0 Å². The Bertz CT molecular complexity index is 450. The zero-order valence-electron chi connectivity index (χ0n) is 11.8. The van der Waals surface area contributed by atoms with Crippen molar-refractivity contribution in [1.29, 1.82) is 0 Å². The largest absolute Gasteiger partial charge is 0.368 e. The zero-order chi connectivity index (χ0) is 12.8. The fourth-order valence-electron chi connectivity index (χ4n) is 3.29. The fourth-order valence-corrected chi connectivity index (χ4v) is 3.29. The number of nitrogens with one attached hydrogen (secondary N) is 1. The molecule has 1 aromatic carbocycles. The second-order valence-electron chi connectivity index (χ2n) is 6.26. The highest BCUT2D eigenvalue weighted by atomic mass is 15.2. The number of benzene rings is 1. The lowest BCUT2D eigenvalue weighted by atomic mass is 9.92. The van der Waals surface area contributed by atoms with Crippen LogP contribution >= 0.6 is 0 Å². The summed E-state index contributed by atoms with van der Waals surface area (Å²) < 4.78 is 0. The third kappa shape index (κ3) is 2.03. The van der Waals surface area contributed by atoms with Gasteiger partial charge in [0.05, 0.1) is 0 Å². The average Bonchev–Trinajstić information content (AvgIpc) is 3.17. The molecule has 1 atom stereocenters. The summed E-state index contributed by atoms with van der Waals surface area (Å²) in [6.45, 7) is 10.3. The van der Waals surface area contributed by atoms with Gasteiger partial charge in [-0.15, -0.1) is 0 Å². The lowest BCUT2D eigenvalue weighted by molar-refractivity contribution is 0.285. The van der Waals surface area contributed by atoms with Gasteiger partial charge in [-0.25, -0.2) is 0 Å². The van der Waals surface area contributed by atoms with Crippen molar-refractivity contribution in [3.8, 4) is 0 Å². The number of anilines is 1. The van der Waals surface area contributed by atoms with E-state index in [2.05, 4.69) is 49.2 Å². The molecule has 2 fully saturated rings. The van der Waals surface area contributed by atoms with E-state index < -0.39 is 0 Å². The molecule has 3 rings (SSSR count). The summed E-state index contributed by atoms with van der Waals surface area (Å²) in [5, 5.41) is 3.75. The van der Waals surface area contributed by atoms with Crippen LogP contribution < -0.4 is 10.2 Å². The highest BCUT2D eigenvalue weighted by molar-refractivity contribution is 5.56. The maximum atomic E-state index is 3.75. The van der Waals surface area contributed by atoms with Crippen molar-refractivity contribution >= 4 is 5.69 Å². The molecule has 1 saturated heterocycles. The van der Waals surface area contributed by atoms with Gasteiger partial charge in [-0.3, -0.25) is 0 Å². The van der Waals surface area contributed by atoms with Crippen molar-refractivity contribution in [3.63, 3.8) is 0 Å². The lowest BCUT2D eigenvalue weighted by Gasteiger charge is -2.43. The van der Waals surface area contributed by atoms with E-state index in [-0.39, 0.29) is 0 Å². The molecule has 0 bridgehead atoms. The number of rotatable bonds is 2. The molecule has 0 aromatic heterocycles. The van der Waals surface area contributed by atoms with Crippen molar-refractivity contribution < 1.29 is 0 Å². The molecule has 1 unspecified atom stereocenters. The molecule has 2 aliphatic rings. The summed E-state index contributed by atoms with van der Waals surface area (Å²) in [5.74, 6) is 0.894. The van der Waals surface area contributed by atoms with Crippen LogP contribution in [0.25, 0.3) is 0 Å². The Kier molecular flexibility index (Phi) is 2.86. The van der Waals surface area contributed by atoms with Gasteiger partial charge < -0.3 is 10.2 Å². The van der Waals surface area contributed by atoms with E-state index >= 15 is 0 Å². The van der Waals surface area contributed by atoms with E-state index in [1.54, 1.807) is 0 Å². The van der Waals surface area contributed by atoms with Crippen molar-refractivity contribution in [3.05, 3.63) is 29.3 Å². The van der Waals surface area contributed by atoms with Crippen LogP contribution in [0, 0.1) is 19.8 Å². The molecule has 1 saturated carbocycles. The van der Waals surface area contributed by atoms with Crippen LogP contribution in [-0.2, 0) is 0 Å². The maximum Gasteiger partial charge on any atom is 0.0399 e. The minimum absolute atomic E-state index is 0.328. The second kappa shape index (κ2) is 4.27. The third-order valence-corrected chi connectivity index (χ3v) is 4.83. The van der Waals surface area contributed by atoms with Crippen LogP contribution in [0.5, 0.6) is 0 Å². The Morgan fingerprint density at radius 2 is 2.06 bits per heavy atom. The molecule has 18 heavy (non-hydrogen) atoms. The monoisotopic (exact) mass is 244 g/mol. The smallest absolute Gasteiger partial charge is 0.0399 e. The molecule has 0 radical (unpaired) electrons. The first-order chi connectivity index (χ1) is 8.60. The summed E-state index contributed by atoms with van der Waals surface area (Å²) in [6.07, 6.45) is 2.81. The van der Waals surface area contributed by atoms with Crippen LogP contribution in [-0.4, -0.2) is 25.2 Å². The highest BCUT2D eigenvalue weighted by Gasteiger charge is 2.44. The maximum absolute atomic E-state index is 3.75. The Labute approximate surface area is 110 Å². The molecule has 98 valence electrons. The van der Waals surface area contributed by atoms with Crippen LogP contribution in [0.15, 0.2) is 18.2 Å². The van der Waals surface area contributed by atoms with E-state index in [0.29, 0.717) is 5.54 Å². The van der Waals surface area contributed by atoms with Gasteiger partial charge in [0.1, 0.15) is 0 Å². The number of hydrogen-bond donors (Lipinski definition) is 1. The van der Waals surface area contributed by atoms with E-state index in [9.17, 15) is 0 Å². The van der Waals surface area contributed by atoms with Crippen LogP contribution in [0.3, 0.4) is 0 Å². The van der Waals surface area contributed by atoms with Gasteiger partial charge in [-0.2, -0.15) is 0 Å². The second-order valence-corrected chi connectivity index (χ2v) is 6.26. The van der Waals surface area contributed by atoms with Gasteiger partial charge in [-0.1, -0.05) is 12.1 Å². The summed E-state index contributed by atoms with van der Waals surface area (Å²) in [7, 11) is 0. The molecule has 1 heterocycles. The standard InChI is InChI=1S/C16H24N2/c1-12-5-4-6-15(13(12)2)18-10-9-17-16(3,11-18)14-7-8-14/h4-6,14,17H,7-11H2,1-3H3. The van der Waals surface area contributed by atoms with Gasteiger partial charge >= 0.3 is 0 Å². The quantitative estimate of drug-likeness (QED) is 0.860. The Morgan fingerprint density at radius 1 is 1.28 bits per heavy atom. The van der Waals surface area contributed by atoms with Crippen molar-refractivity contribution in [2.75, 3.05) is 24.5 Å². The van der Waals surface area contributed by atoms with E-state index in [1.165, 1.54) is 29.7 Å². The first-order valence-electron chi connectivity index (χ1n) is 7.16. The number of aryl methyl sites for hydroxylation is 1. The van der Waals surface area contributed by atoms with Gasteiger partial charge in [0.15, 0.2) is 0 Å². The number of nitrogens with zero attached hydrogens (tertiary/aromatic N) is 1. The SMILES string of the molecule is Cc1cccc(N2CCNC(C)(C3CC3)C2)c1C. The van der Waals surface area contributed by atoms with E-state index in [0.717, 1.165) is 25.6 Å². The topological polar surface area (TPSA) is 15.3 Å². The average molecular weight is 244 g/mol. The highest BCUT2D eigenvalue weighted by Crippen LogP contribution is 2.41. The van der Waals surface area contributed by atoms with E-state index in [1.807, 2.05) is 0 Å². The molecular weight excluding hydrogens is 220 g/mol. The summed E-state index contributed by atoms with van der Waals surface area (Å²) in [5.41, 5.74) is 4.61. The third-order valence-electron chi connectivity index (χ3n) is 4.83. The number of piperazine rings is 1. The predicted molar refractivity (Wildman–Crippen MR) is 77.3 cm³/mol. The van der Waals surface area contributed by atoms with Crippen molar-refractivity contribution in [2.45, 2.75) is 39.2 Å². The predicted octanol–water partition coefficient (Wildman–Crippen LogP) is 2.88.